The van der Waals surface area contributed by atoms with Gasteiger partial charge in [0.15, 0.2) is 0 Å². The van der Waals surface area contributed by atoms with Gasteiger partial charge in [-0.2, -0.15) is 8.42 Å². The van der Waals surface area contributed by atoms with E-state index < -0.39 is 10.5 Å². The van der Waals surface area contributed by atoms with E-state index in [0.717, 1.165) is 11.1 Å². The summed E-state index contributed by atoms with van der Waals surface area (Å²) in [6, 6.07) is 4.71. The molecule has 0 aliphatic heterocycles. The molecule has 1 aromatic rings. The Balaban J connectivity index is 3.10. The van der Waals surface area contributed by atoms with Gasteiger partial charge >= 0.3 is 10.5 Å². The Hall–Kier alpha value is -1.10. The van der Waals surface area contributed by atoms with Crippen LogP contribution in [0.5, 0.6) is 5.75 Å². The molecule has 0 saturated heterocycles. The van der Waals surface area contributed by atoms with Gasteiger partial charge in [0.05, 0.1) is 0 Å². The van der Waals surface area contributed by atoms with Gasteiger partial charge in [0.2, 0.25) is 0 Å². The normalized spacial score (nSPS) is 12.6. The van der Waals surface area contributed by atoms with Crippen molar-refractivity contribution in [1.82, 2.24) is 0 Å². The van der Waals surface area contributed by atoms with Crippen molar-refractivity contribution in [3.05, 3.63) is 29.3 Å². The molecule has 0 fully saturated rings. The van der Waals surface area contributed by atoms with Gasteiger partial charge in [0.1, 0.15) is 5.75 Å². The molecule has 0 aliphatic carbocycles. The summed E-state index contributed by atoms with van der Waals surface area (Å²) in [6.45, 7) is 7.96. The van der Waals surface area contributed by atoms with Gasteiger partial charge in [0.25, 0.3) is 0 Å². The maximum absolute atomic E-state index is 12.3. The van der Waals surface area contributed by atoms with E-state index in [9.17, 15) is 12.3 Å². The van der Waals surface area contributed by atoms with Gasteiger partial charge in [-0.25, -0.2) is 0 Å². The predicted octanol–water partition coefficient (Wildman–Crippen LogP) is 2.89. The SMILES string of the molecule is Cc1cc(OS(=O)(=O)F)ccc1C(C)(C)C. The Kier molecular flexibility index (Phi) is 3.28. The topological polar surface area (TPSA) is 43.4 Å². The molecule has 0 unspecified atom stereocenters. The monoisotopic (exact) mass is 246 g/mol. The van der Waals surface area contributed by atoms with Crippen LogP contribution in [0.15, 0.2) is 18.2 Å². The lowest BCUT2D eigenvalue weighted by Crippen LogP contribution is -2.13. The van der Waals surface area contributed by atoms with Crippen molar-refractivity contribution >= 4 is 10.5 Å². The van der Waals surface area contributed by atoms with Gasteiger partial charge in [0, 0.05) is 0 Å². The van der Waals surface area contributed by atoms with Crippen LogP contribution < -0.4 is 4.18 Å². The molecule has 0 amide bonds. The van der Waals surface area contributed by atoms with Crippen molar-refractivity contribution in [2.45, 2.75) is 33.1 Å². The van der Waals surface area contributed by atoms with Crippen molar-refractivity contribution in [2.75, 3.05) is 0 Å². The number of benzene rings is 1. The average molecular weight is 246 g/mol. The molecular weight excluding hydrogens is 231 g/mol. The predicted molar refractivity (Wildman–Crippen MR) is 60.5 cm³/mol. The van der Waals surface area contributed by atoms with Crippen LogP contribution in [-0.4, -0.2) is 8.42 Å². The molecule has 0 saturated carbocycles. The van der Waals surface area contributed by atoms with E-state index in [1.54, 1.807) is 6.07 Å². The largest absolute Gasteiger partial charge is 0.488 e. The molecule has 1 aromatic carbocycles. The average Bonchev–Trinajstić information content (AvgIpc) is 1.97. The molecule has 90 valence electrons. The summed E-state index contributed by atoms with van der Waals surface area (Å²) < 4.78 is 37.1. The van der Waals surface area contributed by atoms with E-state index in [2.05, 4.69) is 4.18 Å². The minimum absolute atomic E-state index is 0.00648. The first kappa shape index (κ1) is 13.0. The lowest BCUT2D eigenvalue weighted by molar-refractivity contribution is 0.439. The molecule has 1 rings (SSSR count). The molecule has 0 aromatic heterocycles. The fourth-order valence-corrected chi connectivity index (χ4v) is 1.98. The third-order valence-corrected chi connectivity index (χ3v) is 2.59. The Morgan fingerprint density at radius 3 is 2.19 bits per heavy atom. The van der Waals surface area contributed by atoms with E-state index in [0.29, 0.717) is 0 Å². The summed E-state index contributed by atoms with van der Waals surface area (Å²) in [4.78, 5) is 0. The fraction of sp³-hybridized carbons (Fsp3) is 0.455. The van der Waals surface area contributed by atoms with Crippen LogP contribution in [0.1, 0.15) is 31.9 Å². The highest BCUT2D eigenvalue weighted by Gasteiger charge is 2.17. The Morgan fingerprint density at radius 1 is 1.25 bits per heavy atom. The van der Waals surface area contributed by atoms with Gasteiger partial charge < -0.3 is 4.18 Å². The van der Waals surface area contributed by atoms with Crippen LogP contribution in [0.4, 0.5) is 3.89 Å². The van der Waals surface area contributed by atoms with E-state index in [-0.39, 0.29) is 11.2 Å². The van der Waals surface area contributed by atoms with Crippen LogP contribution in [0.2, 0.25) is 0 Å². The number of halogens is 1. The summed E-state index contributed by atoms with van der Waals surface area (Å²) >= 11 is 0. The molecule has 5 heteroatoms. The second-order valence-electron chi connectivity index (χ2n) is 4.70. The van der Waals surface area contributed by atoms with Crippen molar-refractivity contribution < 1.29 is 16.5 Å². The molecule has 0 radical (unpaired) electrons. The fourth-order valence-electron chi connectivity index (χ4n) is 1.64. The first-order chi connectivity index (χ1) is 7.09. The van der Waals surface area contributed by atoms with Crippen molar-refractivity contribution in [1.29, 1.82) is 0 Å². The van der Waals surface area contributed by atoms with Gasteiger partial charge in [-0.05, 0) is 35.6 Å². The summed E-state index contributed by atoms with van der Waals surface area (Å²) in [5.74, 6) is -0.00648. The van der Waals surface area contributed by atoms with Crippen LogP contribution >= 0.6 is 0 Å². The maximum atomic E-state index is 12.3. The highest BCUT2D eigenvalue weighted by atomic mass is 32.3. The van der Waals surface area contributed by atoms with Crippen LogP contribution in [0.25, 0.3) is 0 Å². The molecule has 0 atom stereocenters. The molecule has 0 bridgehead atoms. The second-order valence-corrected chi connectivity index (χ2v) is 5.66. The Morgan fingerprint density at radius 2 is 1.81 bits per heavy atom. The number of hydrogen-bond donors (Lipinski definition) is 0. The van der Waals surface area contributed by atoms with Crippen LogP contribution in [0.3, 0.4) is 0 Å². The third-order valence-electron chi connectivity index (χ3n) is 2.20. The van der Waals surface area contributed by atoms with E-state index >= 15 is 0 Å². The molecule has 0 spiro atoms. The second kappa shape index (κ2) is 4.05. The minimum atomic E-state index is -4.94. The highest BCUT2D eigenvalue weighted by Crippen LogP contribution is 2.28. The van der Waals surface area contributed by atoms with Crippen molar-refractivity contribution in [3.8, 4) is 5.75 Å². The minimum Gasteiger partial charge on any atom is -0.358 e. The van der Waals surface area contributed by atoms with Crippen LogP contribution in [-0.2, 0) is 15.9 Å². The van der Waals surface area contributed by atoms with Gasteiger partial charge in [-0.15, -0.1) is 0 Å². The quantitative estimate of drug-likeness (QED) is 0.754. The lowest BCUT2D eigenvalue weighted by Gasteiger charge is -2.21. The number of rotatable bonds is 2. The molecule has 0 heterocycles. The standard InChI is InChI=1S/C11H15FO3S/c1-8-7-9(15-16(12,13)14)5-6-10(8)11(2,3)4/h5-7H,1-4H3. The van der Waals surface area contributed by atoms with Crippen LogP contribution in [0, 0.1) is 6.92 Å². The van der Waals surface area contributed by atoms with E-state index in [1.807, 2.05) is 27.7 Å². The molecule has 0 aliphatic rings. The zero-order valence-corrected chi connectivity index (χ0v) is 10.6. The van der Waals surface area contributed by atoms with E-state index in [1.165, 1.54) is 12.1 Å². The number of aryl methyl sites for hydroxylation is 1. The summed E-state index contributed by atoms with van der Waals surface area (Å²) in [5, 5.41) is 0. The van der Waals surface area contributed by atoms with Crippen molar-refractivity contribution in [2.24, 2.45) is 0 Å². The third kappa shape index (κ3) is 3.48. The molecular formula is C11H15FO3S. The Labute approximate surface area is 95.7 Å². The molecule has 16 heavy (non-hydrogen) atoms. The van der Waals surface area contributed by atoms with Crippen molar-refractivity contribution in [3.63, 3.8) is 0 Å². The number of hydrogen-bond acceptors (Lipinski definition) is 3. The molecule has 0 N–H and O–H groups in total. The zero-order chi connectivity index (χ0) is 12.6. The van der Waals surface area contributed by atoms with Gasteiger partial charge in [-0.1, -0.05) is 30.7 Å². The summed E-state index contributed by atoms with van der Waals surface area (Å²) in [6.07, 6.45) is 0. The lowest BCUT2D eigenvalue weighted by atomic mass is 9.84. The molecule has 3 nitrogen and oxygen atoms in total. The zero-order valence-electron chi connectivity index (χ0n) is 9.74. The van der Waals surface area contributed by atoms with E-state index in [4.69, 9.17) is 0 Å². The maximum Gasteiger partial charge on any atom is 0.488 e. The first-order valence-corrected chi connectivity index (χ1v) is 6.16. The Bertz CT molecular complexity index is 486. The summed E-state index contributed by atoms with van der Waals surface area (Å²) in [7, 11) is -4.94. The first-order valence-electron chi connectivity index (χ1n) is 4.85. The highest BCUT2D eigenvalue weighted by molar-refractivity contribution is 7.81. The summed E-state index contributed by atoms with van der Waals surface area (Å²) in [5.41, 5.74) is 1.89. The smallest absolute Gasteiger partial charge is 0.358 e. The van der Waals surface area contributed by atoms with Gasteiger partial charge in [-0.3, -0.25) is 0 Å².